The second-order valence-electron chi connectivity index (χ2n) is 13.2. The maximum absolute atomic E-state index is 13.0. The molecule has 5 aliphatic carbocycles. The normalized spacial score (nSPS) is 41.0. The van der Waals surface area contributed by atoms with Crippen LogP contribution in [0.25, 0.3) is 0 Å². The number of amides is 1. The highest BCUT2D eigenvalue weighted by molar-refractivity contribution is 5.85. The van der Waals surface area contributed by atoms with E-state index in [-0.39, 0.29) is 5.91 Å². The van der Waals surface area contributed by atoms with Crippen LogP contribution in [0.2, 0.25) is 0 Å². The molecule has 2 saturated heterocycles. The molecule has 7 nitrogen and oxygen atoms in total. The van der Waals surface area contributed by atoms with Crippen molar-refractivity contribution in [3.05, 3.63) is 29.8 Å². The smallest absolute Gasteiger partial charge is 0.266 e. The Kier molecular flexibility index (Phi) is 5.89. The highest BCUT2D eigenvalue weighted by Crippen LogP contribution is 2.64. The fourth-order valence-corrected chi connectivity index (χ4v) is 8.58. The van der Waals surface area contributed by atoms with Gasteiger partial charge in [-0.3, -0.25) is 4.79 Å². The average molecular weight is 511 g/mol. The summed E-state index contributed by atoms with van der Waals surface area (Å²) >= 11 is 0. The molecule has 7 aliphatic rings. The van der Waals surface area contributed by atoms with Crippen LogP contribution in [-0.4, -0.2) is 54.2 Å². The molecule has 1 aromatic carbocycles. The van der Waals surface area contributed by atoms with Gasteiger partial charge in [-0.15, -0.1) is 0 Å². The standard InChI is InChI=1S/C30H42N2O5/c1-28(2,27(33)32-13-11-31-12-14-32)34-26-5-3-22(4-6-26)23-7-9-29(10-8-23)35-30(37-36-29)24-16-20-15-21(18-24)19-25(30)17-20/h3-6,20-21,23-25,31H,7-19H2,1-2H3. The van der Waals surface area contributed by atoms with Crippen LogP contribution in [0.3, 0.4) is 0 Å². The summed E-state index contributed by atoms with van der Waals surface area (Å²) in [7, 11) is 0. The van der Waals surface area contributed by atoms with Gasteiger partial charge in [-0.25, -0.2) is 0 Å². The molecule has 7 fully saturated rings. The molecule has 5 saturated carbocycles. The van der Waals surface area contributed by atoms with E-state index in [1.807, 2.05) is 30.9 Å². The third kappa shape index (κ3) is 4.21. The lowest BCUT2D eigenvalue weighted by Crippen LogP contribution is -2.59. The van der Waals surface area contributed by atoms with Gasteiger partial charge in [-0.05, 0) is 94.2 Å². The predicted molar refractivity (Wildman–Crippen MR) is 138 cm³/mol. The van der Waals surface area contributed by atoms with Crippen LogP contribution in [0.5, 0.6) is 5.75 Å². The number of ether oxygens (including phenoxy) is 2. The Balaban J connectivity index is 0.963. The molecular formula is C30H42N2O5. The number of nitrogens with zero attached hydrogens (tertiary/aromatic N) is 1. The van der Waals surface area contributed by atoms with Crippen molar-refractivity contribution in [2.75, 3.05) is 26.2 Å². The van der Waals surface area contributed by atoms with E-state index in [0.717, 1.165) is 69.4 Å². The molecule has 8 rings (SSSR count). The van der Waals surface area contributed by atoms with Crippen LogP contribution in [0, 0.1) is 23.7 Å². The largest absolute Gasteiger partial charge is 0.478 e. The summed E-state index contributed by atoms with van der Waals surface area (Å²) in [5.41, 5.74) is 0.429. The van der Waals surface area contributed by atoms with Gasteiger partial charge in [0.05, 0.1) is 0 Å². The molecule has 0 aromatic heterocycles. The van der Waals surface area contributed by atoms with E-state index >= 15 is 0 Å². The quantitative estimate of drug-likeness (QED) is 0.589. The molecule has 0 radical (unpaired) electrons. The van der Waals surface area contributed by atoms with Gasteiger partial charge in [-0.1, -0.05) is 12.1 Å². The Bertz CT molecular complexity index is 981. The van der Waals surface area contributed by atoms with Gasteiger partial charge in [0, 0.05) is 50.9 Å². The first kappa shape index (κ1) is 24.4. The number of rotatable bonds is 4. The van der Waals surface area contributed by atoms with Crippen LogP contribution in [0.4, 0.5) is 0 Å². The second kappa shape index (κ2) is 8.94. The number of carbonyl (C=O) groups is 1. The highest BCUT2D eigenvalue weighted by Gasteiger charge is 2.66. The minimum Gasteiger partial charge on any atom is -0.478 e. The van der Waals surface area contributed by atoms with E-state index in [9.17, 15) is 4.79 Å². The van der Waals surface area contributed by atoms with Gasteiger partial charge in [0.1, 0.15) is 5.75 Å². The summed E-state index contributed by atoms with van der Waals surface area (Å²) in [6.07, 6.45) is 10.2. The number of piperazine rings is 1. The molecule has 0 atom stereocenters. The zero-order valence-corrected chi connectivity index (χ0v) is 22.4. The van der Waals surface area contributed by atoms with E-state index in [1.165, 1.54) is 37.7 Å². The van der Waals surface area contributed by atoms with Crippen molar-refractivity contribution in [2.24, 2.45) is 23.7 Å². The van der Waals surface area contributed by atoms with E-state index in [0.29, 0.717) is 17.8 Å². The first-order chi connectivity index (χ1) is 17.8. The Hall–Kier alpha value is -1.67. The van der Waals surface area contributed by atoms with Crippen LogP contribution in [0.15, 0.2) is 24.3 Å². The first-order valence-electron chi connectivity index (χ1n) is 14.7. The summed E-state index contributed by atoms with van der Waals surface area (Å²) in [4.78, 5) is 27.2. The van der Waals surface area contributed by atoms with Crippen molar-refractivity contribution in [1.82, 2.24) is 10.2 Å². The molecule has 1 aromatic rings. The zero-order valence-electron chi connectivity index (χ0n) is 22.4. The van der Waals surface area contributed by atoms with Crippen molar-refractivity contribution >= 4 is 5.91 Å². The first-order valence-corrected chi connectivity index (χ1v) is 14.7. The highest BCUT2D eigenvalue weighted by atomic mass is 17.3. The fourth-order valence-electron chi connectivity index (χ4n) is 8.58. The van der Waals surface area contributed by atoms with E-state index in [4.69, 9.17) is 19.2 Å². The van der Waals surface area contributed by atoms with E-state index in [2.05, 4.69) is 17.4 Å². The molecule has 7 heteroatoms. The molecule has 2 aliphatic heterocycles. The Morgan fingerprint density at radius 3 is 2.19 bits per heavy atom. The SMILES string of the molecule is CC(C)(Oc1ccc(C2CCC3(CC2)OOC2(O3)C3CC4CC(C3)CC2C4)cc1)C(=O)N1CCNCC1. The van der Waals surface area contributed by atoms with Gasteiger partial charge in [-0.2, -0.15) is 9.78 Å². The summed E-state index contributed by atoms with van der Waals surface area (Å²) in [6.45, 7) is 6.87. The van der Waals surface area contributed by atoms with Gasteiger partial charge >= 0.3 is 0 Å². The molecular weight excluding hydrogens is 468 g/mol. The third-order valence-corrected chi connectivity index (χ3v) is 10.3. The van der Waals surface area contributed by atoms with Gasteiger partial charge in [0.25, 0.3) is 5.91 Å². The summed E-state index contributed by atoms with van der Waals surface area (Å²) in [5.74, 6) is 2.99. The topological polar surface area (TPSA) is 69.3 Å². The van der Waals surface area contributed by atoms with Gasteiger partial charge in [0.15, 0.2) is 5.60 Å². The van der Waals surface area contributed by atoms with Crippen LogP contribution in [0.1, 0.15) is 83.1 Å². The third-order valence-electron chi connectivity index (χ3n) is 10.3. The van der Waals surface area contributed by atoms with Gasteiger partial charge < -0.3 is 19.7 Å². The second-order valence-corrected chi connectivity index (χ2v) is 13.2. The minimum absolute atomic E-state index is 0.0475. The van der Waals surface area contributed by atoms with E-state index in [1.54, 1.807) is 0 Å². The molecule has 1 N–H and O–H groups in total. The molecule has 4 bridgehead atoms. The monoisotopic (exact) mass is 510 g/mol. The van der Waals surface area contributed by atoms with Crippen LogP contribution >= 0.6 is 0 Å². The molecule has 202 valence electrons. The average Bonchev–Trinajstić information content (AvgIpc) is 3.27. The lowest BCUT2D eigenvalue weighted by atomic mass is 9.53. The van der Waals surface area contributed by atoms with Crippen LogP contribution < -0.4 is 10.1 Å². The Morgan fingerprint density at radius 2 is 1.57 bits per heavy atom. The number of carbonyl (C=O) groups excluding carboxylic acids is 1. The number of nitrogens with one attached hydrogen (secondary N) is 1. The maximum Gasteiger partial charge on any atom is 0.266 e. The molecule has 2 spiro atoms. The minimum atomic E-state index is -0.888. The predicted octanol–water partition coefficient (Wildman–Crippen LogP) is 4.76. The van der Waals surface area contributed by atoms with Crippen molar-refractivity contribution in [1.29, 1.82) is 0 Å². The lowest BCUT2D eigenvalue weighted by molar-refractivity contribution is -0.390. The molecule has 2 heterocycles. The van der Waals surface area contributed by atoms with E-state index < -0.39 is 17.2 Å². The fraction of sp³-hybridized carbons (Fsp3) is 0.767. The molecule has 1 amide bonds. The van der Waals surface area contributed by atoms with Crippen molar-refractivity contribution < 1.29 is 24.0 Å². The number of benzene rings is 1. The Morgan fingerprint density at radius 1 is 0.946 bits per heavy atom. The summed E-state index contributed by atoms with van der Waals surface area (Å²) in [5, 5.41) is 3.29. The van der Waals surface area contributed by atoms with Crippen molar-refractivity contribution in [3.63, 3.8) is 0 Å². The number of hydrogen-bond acceptors (Lipinski definition) is 6. The lowest BCUT2D eigenvalue weighted by Gasteiger charge is -2.57. The van der Waals surface area contributed by atoms with Crippen molar-refractivity contribution in [2.45, 2.75) is 94.7 Å². The van der Waals surface area contributed by atoms with Gasteiger partial charge in [0.2, 0.25) is 11.6 Å². The van der Waals surface area contributed by atoms with Crippen molar-refractivity contribution in [3.8, 4) is 5.75 Å². The molecule has 37 heavy (non-hydrogen) atoms. The number of hydrogen-bond donors (Lipinski definition) is 1. The molecule has 0 unspecified atom stereocenters. The maximum atomic E-state index is 13.0. The van der Waals surface area contributed by atoms with Crippen LogP contribution in [-0.2, 0) is 19.3 Å². The summed E-state index contributed by atoms with van der Waals surface area (Å²) < 4.78 is 13.1. The Labute approximate surface area is 220 Å². The zero-order chi connectivity index (χ0) is 25.3. The summed E-state index contributed by atoms with van der Waals surface area (Å²) in [6, 6.07) is 8.36.